The first-order chi connectivity index (χ1) is 11.6. The van der Waals surface area contributed by atoms with Crippen LogP contribution >= 0.6 is 38.5 Å². The second-order valence-electron chi connectivity index (χ2n) is 6.49. The van der Waals surface area contributed by atoms with E-state index in [-0.39, 0.29) is 0 Å². The predicted octanol–water partition coefficient (Wildman–Crippen LogP) is 5.54. The molecule has 0 spiro atoms. The minimum absolute atomic E-state index is 0.371. The van der Waals surface area contributed by atoms with Gasteiger partial charge in [-0.1, -0.05) is 46.3 Å². The average molecular weight is 500 g/mol. The maximum atomic E-state index is 5.88. The third-order valence-electron chi connectivity index (χ3n) is 4.44. The molecular formula is C20H23BrINO. The van der Waals surface area contributed by atoms with Crippen LogP contribution in [0.25, 0.3) is 0 Å². The molecule has 4 heteroatoms. The summed E-state index contributed by atoms with van der Waals surface area (Å²) in [5.41, 5.74) is 4.01. The van der Waals surface area contributed by atoms with Crippen molar-refractivity contribution in [3.63, 3.8) is 0 Å². The van der Waals surface area contributed by atoms with Gasteiger partial charge in [0, 0.05) is 34.3 Å². The Morgan fingerprint density at radius 3 is 2.67 bits per heavy atom. The Morgan fingerprint density at radius 1 is 1.17 bits per heavy atom. The van der Waals surface area contributed by atoms with Crippen LogP contribution in [0.4, 0.5) is 0 Å². The molecule has 1 fully saturated rings. The minimum atomic E-state index is 0.371. The number of aryl methyl sites for hydroxylation is 1. The summed E-state index contributed by atoms with van der Waals surface area (Å²) in [6, 6.07) is 15.3. The Kier molecular flexibility index (Phi) is 6.72. The van der Waals surface area contributed by atoms with E-state index in [1.54, 1.807) is 0 Å². The first kappa shape index (κ1) is 18.4. The maximum absolute atomic E-state index is 5.88. The van der Waals surface area contributed by atoms with E-state index in [1.165, 1.54) is 37.6 Å². The zero-order valence-electron chi connectivity index (χ0n) is 14.0. The molecule has 1 atom stereocenters. The smallest absolute Gasteiger partial charge is 0.0703 e. The SMILES string of the molecule is Cc1ccc(CN(Cc2ccccc2I)CC2CCCO2)c(Br)c1. The summed E-state index contributed by atoms with van der Waals surface area (Å²) in [5.74, 6) is 0. The van der Waals surface area contributed by atoms with E-state index >= 15 is 0 Å². The monoisotopic (exact) mass is 499 g/mol. The van der Waals surface area contributed by atoms with Crippen molar-refractivity contribution in [2.24, 2.45) is 0 Å². The number of nitrogens with zero attached hydrogens (tertiary/aromatic N) is 1. The Morgan fingerprint density at radius 2 is 1.96 bits per heavy atom. The van der Waals surface area contributed by atoms with Crippen LogP contribution in [-0.2, 0) is 17.8 Å². The summed E-state index contributed by atoms with van der Waals surface area (Å²) in [7, 11) is 0. The third-order valence-corrected chi connectivity index (χ3v) is 6.23. The Labute approximate surface area is 166 Å². The zero-order chi connectivity index (χ0) is 16.9. The van der Waals surface area contributed by atoms with Crippen molar-refractivity contribution in [3.8, 4) is 0 Å². The van der Waals surface area contributed by atoms with Gasteiger partial charge in [0.15, 0.2) is 0 Å². The van der Waals surface area contributed by atoms with Crippen LogP contribution in [0.15, 0.2) is 46.9 Å². The van der Waals surface area contributed by atoms with Crippen molar-refractivity contribution < 1.29 is 4.74 Å². The summed E-state index contributed by atoms with van der Waals surface area (Å²) in [4.78, 5) is 2.52. The zero-order valence-corrected chi connectivity index (χ0v) is 17.7. The highest BCUT2D eigenvalue weighted by atomic mass is 127. The molecule has 24 heavy (non-hydrogen) atoms. The Bertz CT molecular complexity index is 685. The summed E-state index contributed by atoms with van der Waals surface area (Å²) < 4.78 is 8.41. The van der Waals surface area contributed by atoms with Gasteiger partial charge in [-0.3, -0.25) is 4.90 Å². The molecule has 1 aliphatic heterocycles. The van der Waals surface area contributed by atoms with Crippen molar-refractivity contribution in [2.75, 3.05) is 13.2 Å². The Hall–Kier alpha value is -0.430. The van der Waals surface area contributed by atoms with Gasteiger partial charge in [-0.15, -0.1) is 0 Å². The minimum Gasteiger partial charge on any atom is -0.377 e. The molecule has 1 aliphatic rings. The summed E-state index contributed by atoms with van der Waals surface area (Å²) >= 11 is 6.16. The van der Waals surface area contributed by atoms with Gasteiger partial charge in [0.25, 0.3) is 0 Å². The van der Waals surface area contributed by atoms with E-state index < -0.39 is 0 Å². The predicted molar refractivity (Wildman–Crippen MR) is 111 cm³/mol. The van der Waals surface area contributed by atoms with Crippen LogP contribution in [0.5, 0.6) is 0 Å². The van der Waals surface area contributed by atoms with Crippen LogP contribution < -0.4 is 0 Å². The molecule has 2 nitrogen and oxygen atoms in total. The van der Waals surface area contributed by atoms with Crippen molar-refractivity contribution in [2.45, 2.75) is 39.0 Å². The van der Waals surface area contributed by atoms with Gasteiger partial charge in [-0.25, -0.2) is 0 Å². The van der Waals surface area contributed by atoms with Crippen molar-refractivity contribution in [1.29, 1.82) is 0 Å². The maximum Gasteiger partial charge on any atom is 0.0703 e. The number of rotatable bonds is 6. The van der Waals surface area contributed by atoms with Gasteiger partial charge in [0.2, 0.25) is 0 Å². The number of hydrogen-bond acceptors (Lipinski definition) is 2. The second kappa shape index (κ2) is 8.79. The van der Waals surface area contributed by atoms with Gasteiger partial charge >= 0.3 is 0 Å². The van der Waals surface area contributed by atoms with Crippen LogP contribution in [0.1, 0.15) is 29.5 Å². The number of halogens is 2. The van der Waals surface area contributed by atoms with Gasteiger partial charge < -0.3 is 4.74 Å². The molecule has 0 N–H and O–H groups in total. The largest absolute Gasteiger partial charge is 0.377 e. The normalized spacial score (nSPS) is 17.6. The van der Waals surface area contributed by atoms with E-state index in [2.05, 4.69) is 92.8 Å². The molecular weight excluding hydrogens is 477 g/mol. The molecule has 0 amide bonds. The molecule has 2 aromatic rings. The van der Waals surface area contributed by atoms with Gasteiger partial charge in [-0.2, -0.15) is 0 Å². The van der Waals surface area contributed by atoms with Gasteiger partial charge in [0.05, 0.1) is 6.10 Å². The van der Waals surface area contributed by atoms with E-state index in [1.807, 2.05) is 0 Å². The fraction of sp³-hybridized carbons (Fsp3) is 0.400. The summed E-state index contributed by atoms with van der Waals surface area (Å²) in [6.45, 7) is 5.93. The van der Waals surface area contributed by atoms with Crippen molar-refractivity contribution in [1.82, 2.24) is 4.90 Å². The Balaban J connectivity index is 1.77. The highest BCUT2D eigenvalue weighted by molar-refractivity contribution is 14.1. The highest BCUT2D eigenvalue weighted by Crippen LogP contribution is 2.23. The fourth-order valence-corrected chi connectivity index (χ4v) is 4.33. The molecule has 0 aliphatic carbocycles. The molecule has 1 saturated heterocycles. The van der Waals surface area contributed by atoms with Crippen LogP contribution in [0.3, 0.4) is 0 Å². The summed E-state index contributed by atoms with van der Waals surface area (Å²) in [5, 5.41) is 0. The van der Waals surface area contributed by atoms with Crippen LogP contribution in [0.2, 0.25) is 0 Å². The lowest BCUT2D eigenvalue weighted by atomic mass is 10.1. The number of ether oxygens (including phenoxy) is 1. The molecule has 1 heterocycles. The molecule has 1 unspecified atom stereocenters. The average Bonchev–Trinajstić information content (AvgIpc) is 3.05. The van der Waals surface area contributed by atoms with Crippen molar-refractivity contribution >= 4 is 38.5 Å². The molecule has 0 radical (unpaired) electrons. The lowest BCUT2D eigenvalue weighted by Gasteiger charge is -2.26. The van der Waals surface area contributed by atoms with E-state index in [9.17, 15) is 0 Å². The molecule has 128 valence electrons. The lowest BCUT2D eigenvalue weighted by molar-refractivity contribution is 0.0677. The molecule has 0 bridgehead atoms. The molecule has 2 aromatic carbocycles. The fourth-order valence-electron chi connectivity index (χ4n) is 3.15. The van der Waals surface area contributed by atoms with Gasteiger partial charge in [-0.05, 0) is 71.2 Å². The van der Waals surface area contributed by atoms with Crippen molar-refractivity contribution in [3.05, 3.63) is 67.2 Å². The van der Waals surface area contributed by atoms with Crippen LogP contribution in [-0.4, -0.2) is 24.2 Å². The standard InChI is InChI=1S/C20H23BrINO/c1-15-8-9-16(19(21)11-15)12-23(14-18-6-4-10-24-18)13-17-5-2-3-7-20(17)22/h2-3,5,7-9,11,18H,4,6,10,12-14H2,1H3. The van der Waals surface area contributed by atoms with E-state index in [0.717, 1.165) is 26.2 Å². The topological polar surface area (TPSA) is 12.5 Å². The molecule has 3 rings (SSSR count). The summed E-state index contributed by atoms with van der Waals surface area (Å²) in [6.07, 6.45) is 2.74. The van der Waals surface area contributed by atoms with Crippen LogP contribution in [0, 0.1) is 10.5 Å². The number of hydrogen-bond donors (Lipinski definition) is 0. The third kappa shape index (κ3) is 5.04. The highest BCUT2D eigenvalue weighted by Gasteiger charge is 2.20. The first-order valence-corrected chi connectivity index (χ1v) is 10.3. The quantitative estimate of drug-likeness (QED) is 0.483. The molecule has 0 aromatic heterocycles. The number of benzene rings is 2. The second-order valence-corrected chi connectivity index (χ2v) is 8.51. The lowest BCUT2D eigenvalue weighted by Crippen LogP contribution is -2.31. The molecule has 0 saturated carbocycles. The van der Waals surface area contributed by atoms with Gasteiger partial charge in [0.1, 0.15) is 0 Å². The van der Waals surface area contributed by atoms with E-state index in [0.29, 0.717) is 6.10 Å². The first-order valence-electron chi connectivity index (χ1n) is 8.44. The van der Waals surface area contributed by atoms with E-state index in [4.69, 9.17) is 4.74 Å².